The Morgan fingerprint density at radius 1 is 1.50 bits per heavy atom. The van der Waals surface area contributed by atoms with Crippen molar-refractivity contribution in [3.8, 4) is 6.07 Å². The van der Waals surface area contributed by atoms with Crippen molar-refractivity contribution >= 4 is 0 Å². The number of aryl methyl sites for hydroxylation is 2. The highest BCUT2D eigenvalue weighted by Crippen LogP contribution is 2.21. The number of nitriles is 1. The zero-order valence-corrected chi connectivity index (χ0v) is 9.33. The Kier molecular flexibility index (Phi) is 2.95. The van der Waals surface area contributed by atoms with E-state index in [-0.39, 0.29) is 5.41 Å². The number of nitrogens with zero attached hydrogens (tertiary/aromatic N) is 3. The first kappa shape index (κ1) is 10.8. The summed E-state index contributed by atoms with van der Waals surface area (Å²) in [6, 6.07) is 4.24. The van der Waals surface area contributed by atoms with Crippen molar-refractivity contribution in [3.63, 3.8) is 0 Å². The standard InChI is InChI=1S/C11H17N3/c1-11(2,3)10-8-9(6-5-7-12)14(4)13-10/h8H,5-6H2,1-4H3. The van der Waals surface area contributed by atoms with Crippen LogP contribution in [0, 0.1) is 11.3 Å². The van der Waals surface area contributed by atoms with Crippen LogP contribution in [0.5, 0.6) is 0 Å². The third kappa shape index (κ3) is 2.35. The maximum Gasteiger partial charge on any atom is 0.0680 e. The van der Waals surface area contributed by atoms with Crippen LogP contribution >= 0.6 is 0 Å². The first-order valence-corrected chi connectivity index (χ1v) is 4.85. The van der Waals surface area contributed by atoms with Crippen LogP contribution in [0.25, 0.3) is 0 Å². The van der Waals surface area contributed by atoms with E-state index in [1.807, 2.05) is 11.7 Å². The molecule has 1 heterocycles. The van der Waals surface area contributed by atoms with Crippen LogP contribution in [0.2, 0.25) is 0 Å². The molecule has 0 aliphatic heterocycles. The summed E-state index contributed by atoms with van der Waals surface area (Å²) < 4.78 is 1.87. The smallest absolute Gasteiger partial charge is 0.0680 e. The maximum absolute atomic E-state index is 8.51. The Balaban J connectivity index is 2.89. The van der Waals surface area contributed by atoms with Gasteiger partial charge < -0.3 is 0 Å². The minimum atomic E-state index is 0.0860. The summed E-state index contributed by atoms with van der Waals surface area (Å²) >= 11 is 0. The molecule has 0 amide bonds. The predicted molar refractivity (Wildman–Crippen MR) is 55.8 cm³/mol. The molecule has 1 aromatic rings. The van der Waals surface area contributed by atoms with Crippen LogP contribution in [0.15, 0.2) is 6.07 Å². The predicted octanol–water partition coefficient (Wildman–Crippen LogP) is 2.17. The van der Waals surface area contributed by atoms with E-state index in [2.05, 4.69) is 38.0 Å². The second-order valence-corrected chi connectivity index (χ2v) is 4.55. The van der Waals surface area contributed by atoms with E-state index in [9.17, 15) is 0 Å². The van der Waals surface area contributed by atoms with Crippen LogP contribution < -0.4 is 0 Å². The van der Waals surface area contributed by atoms with E-state index in [4.69, 9.17) is 5.26 Å². The van der Waals surface area contributed by atoms with Crippen LogP contribution in [0.1, 0.15) is 38.6 Å². The quantitative estimate of drug-likeness (QED) is 0.719. The third-order valence-electron chi connectivity index (χ3n) is 2.24. The number of rotatable bonds is 2. The molecule has 0 aliphatic carbocycles. The van der Waals surface area contributed by atoms with Gasteiger partial charge in [0.05, 0.1) is 11.8 Å². The van der Waals surface area contributed by atoms with Gasteiger partial charge >= 0.3 is 0 Å². The molecule has 0 spiro atoms. The van der Waals surface area contributed by atoms with Crippen LogP contribution in [0.3, 0.4) is 0 Å². The van der Waals surface area contributed by atoms with Crippen molar-refractivity contribution in [3.05, 3.63) is 17.5 Å². The molecule has 3 nitrogen and oxygen atoms in total. The fourth-order valence-electron chi connectivity index (χ4n) is 1.29. The van der Waals surface area contributed by atoms with Gasteiger partial charge in [0.25, 0.3) is 0 Å². The summed E-state index contributed by atoms with van der Waals surface area (Å²) in [7, 11) is 1.93. The van der Waals surface area contributed by atoms with Gasteiger partial charge in [-0.05, 0) is 6.07 Å². The summed E-state index contributed by atoms with van der Waals surface area (Å²) in [6.45, 7) is 6.43. The number of hydrogen-bond donors (Lipinski definition) is 0. The molecule has 1 aromatic heterocycles. The molecule has 0 N–H and O–H groups in total. The van der Waals surface area contributed by atoms with Crippen molar-refractivity contribution in [1.82, 2.24) is 9.78 Å². The molecule has 14 heavy (non-hydrogen) atoms. The van der Waals surface area contributed by atoms with Gasteiger partial charge in [0.2, 0.25) is 0 Å². The summed E-state index contributed by atoms with van der Waals surface area (Å²) in [5.74, 6) is 0. The van der Waals surface area contributed by atoms with Gasteiger partial charge in [0.1, 0.15) is 0 Å². The van der Waals surface area contributed by atoms with E-state index in [1.54, 1.807) is 0 Å². The first-order valence-electron chi connectivity index (χ1n) is 4.85. The topological polar surface area (TPSA) is 41.6 Å². The molecule has 0 unspecified atom stereocenters. The Hall–Kier alpha value is -1.30. The highest BCUT2D eigenvalue weighted by Gasteiger charge is 2.18. The van der Waals surface area contributed by atoms with E-state index < -0.39 is 0 Å². The zero-order chi connectivity index (χ0) is 10.8. The lowest BCUT2D eigenvalue weighted by molar-refractivity contribution is 0.551. The highest BCUT2D eigenvalue weighted by atomic mass is 15.3. The third-order valence-corrected chi connectivity index (χ3v) is 2.24. The van der Waals surface area contributed by atoms with Gasteiger partial charge in [-0.3, -0.25) is 4.68 Å². The molecule has 0 bridgehead atoms. The molecule has 0 atom stereocenters. The molecule has 0 aliphatic rings. The largest absolute Gasteiger partial charge is 0.272 e. The van der Waals surface area contributed by atoms with Crippen LogP contribution in [-0.2, 0) is 18.9 Å². The summed E-state index contributed by atoms with van der Waals surface area (Å²) in [6.07, 6.45) is 1.35. The van der Waals surface area contributed by atoms with E-state index in [0.29, 0.717) is 6.42 Å². The van der Waals surface area contributed by atoms with Crippen LogP contribution in [0.4, 0.5) is 0 Å². The van der Waals surface area contributed by atoms with Crippen molar-refractivity contribution in [2.75, 3.05) is 0 Å². The molecule has 0 aromatic carbocycles. The van der Waals surface area contributed by atoms with Crippen molar-refractivity contribution < 1.29 is 0 Å². The second-order valence-electron chi connectivity index (χ2n) is 4.55. The summed E-state index contributed by atoms with van der Waals surface area (Å²) in [5, 5.41) is 12.9. The van der Waals surface area contributed by atoms with Gasteiger partial charge in [-0.1, -0.05) is 20.8 Å². The molecule has 1 rings (SSSR count). The number of aromatic nitrogens is 2. The molecule has 0 saturated heterocycles. The Labute approximate surface area is 85.4 Å². The summed E-state index contributed by atoms with van der Waals surface area (Å²) in [4.78, 5) is 0. The molecule has 3 heteroatoms. The molecular formula is C11H17N3. The lowest BCUT2D eigenvalue weighted by Crippen LogP contribution is -2.12. The lowest BCUT2D eigenvalue weighted by Gasteiger charge is -2.13. The van der Waals surface area contributed by atoms with E-state index >= 15 is 0 Å². The Morgan fingerprint density at radius 2 is 2.14 bits per heavy atom. The van der Waals surface area contributed by atoms with E-state index in [0.717, 1.165) is 17.8 Å². The Bertz CT molecular complexity index is 350. The average molecular weight is 191 g/mol. The first-order chi connectivity index (χ1) is 6.45. The lowest BCUT2D eigenvalue weighted by atomic mass is 9.92. The monoisotopic (exact) mass is 191 g/mol. The molecule has 0 fully saturated rings. The molecule has 76 valence electrons. The van der Waals surface area contributed by atoms with Crippen molar-refractivity contribution in [2.45, 2.75) is 39.0 Å². The summed E-state index contributed by atoms with van der Waals surface area (Å²) in [5.41, 5.74) is 2.31. The zero-order valence-electron chi connectivity index (χ0n) is 9.33. The van der Waals surface area contributed by atoms with Gasteiger partial charge in [0.15, 0.2) is 0 Å². The fraction of sp³-hybridized carbons (Fsp3) is 0.636. The van der Waals surface area contributed by atoms with Gasteiger partial charge in [-0.15, -0.1) is 0 Å². The van der Waals surface area contributed by atoms with Crippen molar-refractivity contribution in [1.29, 1.82) is 5.26 Å². The normalized spacial score (nSPS) is 11.4. The van der Waals surface area contributed by atoms with Gasteiger partial charge in [0, 0.05) is 31.0 Å². The average Bonchev–Trinajstić information content (AvgIpc) is 2.43. The fourth-order valence-corrected chi connectivity index (χ4v) is 1.29. The Morgan fingerprint density at radius 3 is 2.57 bits per heavy atom. The molecular weight excluding hydrogens is 174 g/mol. The SMILES string of the molecule is Cn1nc(C(C)(C)C)cc1CCC#N. The van der Waals surface area contributed by atoms with Gasteiger partial charge in [-0.2, -0.15) is 10.4 Å². The molecule has 0 radical (unpaired) electrons. The maximum atomic E-state index is 8.51. The number of hydrogen-bond acceptors (Lipinski definition) is 2. The van der Waals surface area contributed by atoms with E-state index in [1.165, 1.54) is 0 Å². The van der Waals surface area contributed by atoms with Crippen molar-refractivity contribution in [2.24, 2.45) is 7.05 Å². The minimum absolute atomic E-state index is 0.0860. The molecule has 0 saturated carbocycles. The van der Waals surface area contributed by atoms with Crippen LogP contribution in [-0.4, -0.2) is 9.78 Å². The van der Waals surface area contributed by atoms with Gasteiger partial charge in [-0.25, -0.2) is 0 Å². The highest BCUT2D eigenvalue weighted by molar-refractivity contribution is 5.17. The second kappa shape index (κ2) is 3.83. The minimum Gasteiger partial charge on any atom is -0.272 e.